The summed E-state index contributed by atoms with van der Waals surface area (Å²) in [5.41, 5.74) is 5.12. The van der Waals surface area contributed by atoms with E-state index in [9.17, 15) is 0 Å². The molecule has 0 amide bonds. The van der Waals surface area contributed by atoms with Crippen LogP contribution in [0.5, 0.6) is 0 Å². The standard InChI is InChI=1S/C5H7N3/c6-5(7)4-2-1-3-8-4/h1-4H,(H3,6,7). The number of hydrogen-bond donors (Lipinski definition) is 2. The Labute approximate surface area is 47.4 Å². The number of amidine groups is 1. The van der Waals surface area contributed by atoms with Crippen LogP contribution in [0.3, 0.4) is 0 Å². The third-order valence-electron chi connectivity index (χ3n) is 0.945. The molecule has 3 heteroatoms. The van der Waals surface area contributed by atoms with E-state index in [0.29, 0.717) is 0 Å². The highest BCUT2D eigenvalue weighted by molar-refractivity contribution is 5.90. The quantitative estimate of drug-likeness (QED) is 0.359. The normalized spacial score (nSPS) is 24.2. The first-order chi connectivity index (χ1) is 3.80. The molecule has 0 aromatic heterocycles. The lowest BCUT2D eigenvalue weighted by Gasteiger charge is -1.97. The molecule has 1 aliphatic rings. The molecule has 3 nitrogen and oxygen atoms in total. The average molecular weight is 109 g/mol. The van der Waals surface area contributed by atoms with Crippen LogP contribution in [-0.4, -0.2) is 18.1 Å². The van der Waals surface area contributed by atoms with Crippen LogP contribution in [0.4, 0.5) is 0 Å². The minimum Gasteiger partial charge on any atom is -0.386 e. The van der Waals surface area contributed by atoms with E-state index in [4.69, 9.17) is 11.1 Å². The van der Waals surface area contributed by atoms with Gasteiger partial charge in [0.15, 0.2) is 0 Å². The average Bonchev–Trinajstić information content (AvgIpc) is 2.12. The molecule has 0 aromatic rings. The Morgan fingerprint density at radius 1 is 1.75 bits per heavy atom. The number of aliphatic imine (C=N–C) groups is 1. The summed E-state index contributed by atoms with van der Waals surface area (Å²) in [7, 11) is 0. The van der Waals surface area contributed by atoms with Crippen molar-refractivity contribution in [3.05, 3.63) is 12.2 Å². The maximum absolute atomic E-state index is 6.90. The summed E-state index contributed by atoms with van der Waals surface area (Å²) in [6, 6.07) is -0.185. The van der Waals surface area contributed by atoms with Gasteiger partial charge in [0, 0.05) is 6.21 Å². The van der Waals surface area contributed by atoms with Crippen molar-refractivity contribution in [2.75, 3.05) is 0 Å². The zero-order chi connectivity index (χ0) is 5.98. The van der Waals surface area contributed by atoms with Crippen molar-refractivity contribution < 1.29 is 0 Å². The lowest BCUT2D eigenvalue weighted by atomic mass is 10.3. The van der Waals surface area contributed by atoms with Gasteiger partial charge >= 0.3 is 0 Å². The number of nitrogens with two attached hydrogens (primary N) is 1. The van der Waals surface area contributed by atoms with Gasteiger partial charge in [0.2, 0.25) is 0 Å². The van der Waals surface area contributed by atoms with Crippen LogP contribution in [0, 0.1) is 5.41 Å². The summed E-state index contributed by atoms with van der Waals surface area (Å²) in [5.74, 6) is 0.106. The molecule has 0 saturated heterocycles. The predicted molar refractivity (Wildman–Crippen MR) is 33.3 cm³/mol. The second-order valence-electron chi connectivity index (χ2n) is 1.58. The van der Waals surface area contributed by atoms with E-state index in [0.717, 1.165) is 0 Å². The molecule has 1 aliphatic heterocycles. The van der Waals surface area contributed by atoms with Crippen molar-refractivity contribution in [1.29, 1.82) is 5.41 Å². The molecule has 0 saturated carbocycles. The van der Waals surface area contributed by atoms with E-state index < -0.39 is 0 Å². The van der Waals surface area contributed by atoms with Gasteiger partial charge < -0.3 is 5.73 Å². The summed E-state index contributed by atoms with van der Waals surface area (Å²) in [6.45, 7) is 0. The second kappa shape index (κ2) is 1.78. The van der Waals surface area contributed by atoms with Crippen LogP contribution < -0.4 is 5.73 Å². The van der Waals surface area contributed by atoms with Crippen molar-refractivity contribution >= 4 is 12.1 Å². The topological polar surface area (TPSA) is 62.2 Å². The molecule has 1 unspecified atom stereocenters. The molecule has 0 bridgehead atoms. The van der Waals surface area contributed by atoms with E-state index in [1.54, 1.807) is 18.4 Å². The van der Waals surface area contributed by atoms with Crippen LogP contribution in [0.15, 0.2) is 17.1 Å². The Kier molecular flexibility index (Phi) is 1.12. The summed E-state index contributed by atoms with van der Waals surface area (Å²) in [6.07, 6.45) is 5.21. The first-order valence-corrected chi connectivity index (χ1v) is 2.34. The third-order valence-corrected chi connectivity index (χ3v) is 0.945. The summed E-state index contributed by atoms with van der Waals surface area (Å²) < 4.78 is 0. The molecule has 0 aromatic carbocycles. The van der Waals surface area contributed by atoms with Crippen LogP contribution >= 0.6 is 0 Å². The lowest BCUT2D eigenvalue weighted by Crippen LogP contribution is -2.22. The molecule has 1 atom stereocenters. The van der Waals surface area contributed by atoms with Crippen molar-refractivity contribution in [3.8, 4) is 0 Å². The van der Waals surface area contributed by atoms with Crippen molar-refractivity contribution in [2.24, 2.45) is 10.7 Å². The smallest absolute Gasteiger partial charge is 0.125 e. The Hall–Kier alpha value is -1.12. The fourth-order valence-corrected chi connectivity index (χ4v) is 0.531. The maximum atomic E-state index is 6.90. The van der Waals surface area contributed by atoms with Gasteiger partial charge in [0.1, 0.15) is 11.9 Å². The van der Waals surface area contributed by atoms with Gasteiger partial charge in [0.25, 0.3) is 0 Å². The van der Waals surface area contributed by atoms with E-state index >= 15 is 0 Å². The van der Waals surface area contributed by atoms with Gasteiger partial charge in [-0.1, -0.05) is 6.08 Å². The number of rotatable bonds is 1. The molecular weight excluding hydrogens is 102 g/mol. The maximum Gasteiger partial charge on any atom is 0.125 e. The minimum atomic E-state index is -0.185. The zero-order valence-corrected chi connectivity index (χ0v) is 4.33. The van der Waals surface area contributed by atoms with Gasteiger partial charge in [-0.3, -0.25) is 10.4 Å². The molecular formula is C5H7N3. The molecule has 0 fully saturated rings. The predicted octanol–water partition coefficient (Wildman–Crippen LogP) is -0.0684. The van der Waals surface area contributed by atoms with Crippen molar-refractivity contribution in [2.45, 2.75) is 6.04 Å². The van der Waals surface area contributed by atoms with E-state index in [1.165, 1.54) is 0 Å². The molecule has 42 valence electrons. The Morgan fingerprint density at radius 3 is 2.75 bits per heavy atom. The fourth-order valence-electron chi connectivity index (χ4n) is 0.531. The van der Waals surface area contributed by atoms with E-state index in [-0.39, 0.29) is 11.9 Å². The molecule has 1 heterocycles. The monoisotopic (exact) mass is 109 g/mol. The Balaban J connectivity index is 2.62. The highest BCUT2D eigenvalue weighted by Crippen LogP contribution is 1.96. The number of nitrogens with one attached hydrogen (secondary N) is 1. The fraction of sp³-hybridized carbons (Fsp3) is 0.200. The zero-order valence-electron chi connectivity index (χ0n) is 4.33. The van der Waals surface area contributed by atoms with Gasteiger partial charge in [0.05, 0.1) is 0 Å². The molecule has 8 heavy (non-hydrogen) atoms. The summed E-state index contributed by atoms with van der Waals surface area (Å²) >= 11 is 0. The van der Waals surface area contributed by atoms with Gasteiger partial charge in [-0.05, 0) is 6.08 Å². The number of nitrogens with zero attached hydrogens (tertiary/aromatic N) is 1. The van der Waals surface area contributed by atoms with E-state index in [1.807, 2.05) is 0 Å². The van der Waals surface area contributed by atoms with Gasteiger partial charge in [-0.25, -0.2) is 0 Å². The van der Waals surface area contributed by atoms with Crippen LogP contribution in [0.1, 0.15) is 0 Å². The van der Waals surface area contributed by atoms with E-state index in [2.05, 4.69) is 4.99 Å². The Bertz CT molecular complexity index is 145. The SMILES string of the molecule is N=C(N)C1C=CC=N1. The Morgan fingerprint density at radius 2 is 2.50 bits per heavy atom. The highest BCUT2D eigenvalue weighted by Gasteiger charge is 2.05. The summed E-state index contributed by atoms with van der Waals surface area (Å²) in [5, 5.41) is 6.90. The van der Waals surface area contributed by atoms with Gasteiger partial charge in [-0.15, -0.1) is 0 Å². The van der Waals surface area contributed by atoms with Crippen molar-refractivity contribution in [1.82, 2.24) is 0 Å². The molecule has 1 rings (SSSR count). The van der Waals surface area contributed by atoms with Crippen LogP contribution in [0.2, 0.25) is 0 Å². The lowest BCUT2D eigenvalue weighted by molar-refractivity contribution is 1.07. The second-order valence-corrected chi connectivity index (χ2v) is 1.58. The summed E-state index contributed by atoms with van der Waals surface area (Å²) in [4.78, 5) is 3.85. The van der Waals surface area contributed by atoms with Crippen molar-refractivity contribution in [3.63, 3.8) is 0 Å². The van der Waals surface area contributed by atoms with Gasteiger partial charge in [-0.2, -0.15) is 0 Å². The third kappa shape index (κ3) is 0.753. The number of hydrogen-bond acceptors (Lipinski definition) is 2. The number of allylic oxidation sites excluding steroid dienone is 1. The highest BCUT2D eigenvalue weighted by atomic mass is 14.9. The van der Waals surface area contributed by atoms with Crippen LogP contribution in [0.25, 0.3) is 0 Å². The molecule has 0 aliphatic carbocycles. The molecule has 0 spiro atoms. The molecule has 3 N–H and O–H groups in total. The first kappa shape index (κ1) is 5.03. The molecule has 0 radical (unpaired) electrons. The van der Waals surface area contributed by atoms with Crippen LogP contribution in [-0.2, 0) is 0 Å². The largest absolute Gasteiger partial charge is 0.386 e. The minimum absolute atomic E-state index is 0.106. The first-order valence-electron chi connectivity index (χ1n) is 2.34.